The van der Waals surface area contributed by atoms with E-state index in [0.29, 0.717) is 23.6 Å². The summed E-state index contributed by atoms with van der Waals surface area (Å²) in [6, 6.07) is 2.69. The Morgan fingerprint density at radius 3 is 2.69 bits per heavy atom. The Labute approximate surface area is 178 Å². The molecule has 5 rings (SSSR count). The Kier molecular flexibility index (Phi) is 5.34. The van der Waals surface area contributed by atoms with Crippen LogP contribution in [0.3, 0.4) is 0 Å². The van der Waals surface area contributed by atoms with Gasteiger partial charge in [-0.05, 0) is 57.1 Å². The van der Waals surface area contributed by atoms with Gasteiger partial charge in [0.1, 0.15) is 0 Å². The molecule has 1 aliphatic heterocycles. The molecule has 1 aliphatic carbocycles. The molecule has 1 saturated heterocycles. The SMILES string of the molecule is CCc1sc(-c2nnc(CSc3nnc(N4CCCCC4)n3C3CC3)o2)cc1C. The van der Waals surface area contributed by atoms with Crippen LogP contribution in [-0.2, 0) is 12.2 Å². The number of hydrogen-bond acceptors (Lipinski definition) is 8. The van der Waals surface area contributed by atoms with E-state index in [1.54, 1.807) is 23.1 Å². The number of aromatic nitrogens is 5. The summed E-state index contributed by atoms with van der Waals surface area (Å²) >= 11 is 3.38. The zero-order valence-corrected chi connectivity index (χ0v) is 18.6. The fourth-order valence-electron chi connectivity index (χ4n) is 3.84. The normalized spacial score (nSPS) is 17.2. The van der Waals surface area contributed by atoms with E-state index in [1.165, 1.54) is 42.5 Å². The van der Waals surface area contributed by atoms with E-state index in [9.17, 15) is 0 Å². The molecule has 0 radical (unpaired) electrons. The van der Waals surface area contributed by atoms with E-state index >= 15 is 0 Å². The van der Waals surface area contributed by atoms with E-state index in [0.717, 1.165) is 35.5 Å². The van der Waals surface area contributed by atoms with Gasteiger partial charge in [0.2, 0.25) is 11.8 Å². The minimum Gasteiger partial charge on any atom is -0.419 e. The van der Waals surface area contributed by atoms with Gasteiger partial charge >= 0.3 is 0 Å². The second-order valence-electron chi connectivity index (χ2n) is 7.79. The minimum atomic E-state index is 0.546. The van der Waals surface area contributed by atoms with Crippen molar-refractivity contribution in [3.05, 3.63) is 22.4 Å². The molecule has 29 heavy (non-hydrogen) atoms. The number of thioether (sulfide) groups is 1. The van der Waals surface area contributed by atoms with Gasteiger partial charge in [0, 0.05) is 24.0 Å². The van der Waals surface area contributed by atoms with Crippen molar-refractivity contribution in [2.24, 2.45) is 0 Å². The maximum atomic E-state index is 5.94. The Hall–Kier alpha value is -1.87. The molecule has 9 heteroatoms. The fourth-order valence-corrected chi connectivity index (χ4v) is 5.72. The molecule has 1 saturated carbocycles. The van der Waals surface area contributed by atoms with Crippen LogP contribution in [0.25, 0.3) is 10.8 Å². The van der Waals surface area contributed by atoms with Gasteiger partial charge in [-0.25, -0.2) is 0 Å². The summed E-state index contributed by atoms with van der Waals surface area (Å²) in [4.78, 5) is 4.82. The number of anilines is 1. The van der Waals surface area contributed by atoms with Gasteiger partial charge in [-0.3, -0.25) is 4.57 Å². The minimum absolute atomic E-state index is 0.546. The zero-order chi connectivity index (χ0) is 19.8. The lowest BCUT2D eigenvalue weighted by molar-refractivity contribution is 0.528. The summed E-state index contributed by atoms with van der Waals surface area (Å²) in [5, 5.41) is 18.5. The number of aryl methyl sites for hydroxylation is 2. The molecule has 154 valence electrons. The monoisotopic (exact) mass is 430 g/mol. The number of rotatable bonds is 7. The first-order chi connectivity index (χ1) is 14.2. The van der Waals surface area contributed by atoms with Crippen molar-refractivity contribution >= 4 is 29.0 Å². The van der Waals surface area contributed by atoms with Crippen LogP contribution in [-0.4, -0.2) is 38.1 Å². The highest BCUT2D eigenvalue weighted by Gasteiger charge is 2.32. The first kappa shape index (κ1) is 19.1. The smallest absolute Gasteiger partial charge is 0.257 e. The summed E-state index contributed by atoms with van der Waals surface area (Å²) < 4.78 is 8.28. The lowest BCUT2D eigenvalue weighted by atomic mass is 10.1. The Bertz CT molecular complexity index is 983. The van der Waals surface area contributed by atoms with Gasteiger partial charge in [-0.15, -0.1) is 31.7 Å². The molecule has 0 atom stereocenters. The molecule has 2 aliphatic rings. The van der Waals surface area contributed by atoms with E-state index in [4.69, 9.17) is 4.42 Å². The molecule has 0 bridgehead atoms. The molecular formula is C20H26N6OS2. The highest BCUT2D eigenvalue weighted by Crippen LogP contribution is 2.42. The molecule has 2 fully saturated rings. The standard InChI is InChI=1S/C20H26N6OS2/c1-3-15-13(2)11-16(29-15)18-22-21-17(27-18)12-28-20-24-23-19(26(20)14-7-8-14)25-9-5-4-6-10-25/h11,14H,3-10,12H2,1-2H3. The summed E-state index contributed by atoms with van der Waals surface area (Å²) in [5.41, 5.74) is 1.30. The lowest BCUT2D eigenvalue weighted by Crippen LogP contribution is -2.31. The van der Waals surface area contributed by atoms with E-state index in [1.807, 2.05) is 0 Å². The van der Waals surface area contributed by atoms with Crippen LogP contribution in [0.4, 0.5) is 5.95 Å². The fraction of sp³-hybridized carbons (Fsp3) is 0.600. The second kappa shape index (κ2) is 8.10. The number of thiophene rings is 1. The quantitative estimate of drug-likeness (QED) is 0.495. The molecule has 7 nitrogen and oxygen atoms in total. The molecule has 0 unspecified atom stereocenters. The topological polar surface area (TPSA) is 72.9 Å². The van der Waals surface area contributed by atoms with E-state index in [2.05, 4.69) is 49.8 Å². The summed E-state index contributed by atoms with van der Waals surface area (Å²) in [6.07, 6.45) is 7.27. The predicted octanol–water partition coefficient (Wildman–Crippen LogP) is 4.88. The number of hydrogen-bond donors (Lipinski definition) is 0. The molecular weight excluding hydrogens is 404 g/mol. The van der Waals surface area contributed by atoms with E-state index < -0.39 is 0 Å². The number of piperidine rings is 1. The Balaban J connectivity index is 1.30. The summed E-state index contributed by atoms with van der Waals surface area (Å²) in [7, 11) is 0. The summed E-state index contributed by atoms with van der Waals surface area (Å²) in [6.45, 7) is 6.48. The van der Waals surface area contributed by atoms with Crippen molar-refractivity contribution in [3.63, 3.8) is 0 Å². The largest absolute Gasteiger partial charge is 0.419 e. The maximum Gasteiger partial charge on any atom is 0.257 e. The molecule has 0 amide bonds. The van der Waals surface area contributed by atoms with Crippen LogP contribution < -0.4 is 4.90 Å². The third-order valence-electron chi connectivity index (χ3n) is 5.54. The van der Waals surface area contributed by atoms with E-state index in [-0.39, 0.29) is 0 Å². The van der Waals surface area contributed by atoms with Crippen molar-refractivity contribution in [2.45, 2.75) is 69.3 Å². The summed E-state index contributed by atoms with van der Waals surface area (Å²) in [5.74, 6) is 2.91. The zero-order valence-electron chi connectivity index (χ0n) is 16.9. The maximum absolute atomic E-state index is 5.94. The highest BCUT2D eigenvalue weighted by molar-refractivity contribution is 7.98. The van der Waals surface area contributed by atoms with Crippen molar-refractivity contribution in [1.29, 1.82) is 0 Å². The average molecular weight is 431 g/mol. The first-order valence-electron chi connectivity index (χ1n) is 10.5. The molecule has 0 N–H and O–H groups in total. The van der Waals surface area contributed by atoms with Crippen LogP contribution in [0.1, 0.15) is 61.4 Å². The first-order valence-corrected chi connectivity index (χ1v) is 12.3. The predicted molar refractivity (Wildman–Crippen MR) is 116 cm³/mol. The van der Waals surface area contributed by atoms with Gasteiger partial charge in [0.25, 0.3) is 5.89 Å². The van der Waals surface area contributed by atoms with Gasteiger partial charge in [0.15, 0.2) is 5.16 Å². The second-order valence-corrected chi connectivity index (χ2v) is 9.87. The van der Waals surface area contributed by atoms with Crippen LogP contribution >= 0.6 is 23.1 Å². The Morgan fingerprint density at radius 2 is 1.97 bits per heavy atom. The van der Waals surface area contributed by atoms with Crippen molar-refractivity contribution in [2.75, 3.05) is 18.0 Å². The van der Waals surface area contributed by atoms with Gasteiger partial charge < -0.3 is 9.32 Å². The van der Waals surface area contributed by atoms with Crippen molar-refractivity contribution in [1.82, 2.24) is 25.0 Å². The van der Waals surface area contributed by atoms with Crippen molar-refractivity contribution in [3.8, 4) is 10.8 Å². The molecule has 3 aromatic rings. The highest BCUT2D eigenvalue weighted by atomic mass is 32.2. The molecule has 0 aromatic carbocycles. The average Bonchev–Trinajstić information content (AvgIpc) is 3.15. The van der Waals surface area contributed by atoms with Gasteiger partial charge in [-0.1, -0.05) is 18.7 Å². The molecule has 0 spiro atoms. The lowest BCUT2D eigenvalue weighted by Gasteiger charge is -2.27. The van der Waals surface area contributed by atoms with Crippen molar-refractivity contribution < 1.29 is 4.42 Å². The third kappa shape index (κ3) is 3.94. The van der Waals surface area contributed by atoms with Crippen LogP contribution in [0, 0.1) is 6.92 Å². The van der Waals surface area contributed by atoms with Gasteiger partial charge in [0.05, 0.1) is 10.6 Å². The van der Waals surface area contributed by atoms with Gasteiger partial charge in [-0.2, -0.15) is 0 Å². The van der Waals surface area contributed by atoms with Crippen LogP contribution in [0.15, 0.2) is 15.6 Å². The molecule has 4 heterocycles. The Morgan fingerprint density at radius 1 is 1.14 bits per heavy atom. The number of nitrogens with zero attached hydrogens (tertiary/aromatic N) is 6. The van der Waals surface area contributed by atoms with Crippen LogP contribution in [0.2, 0.25) is 0 Å². The molecule has 3 aromatic heterocycles. The van der Waals surface area contributed by atoms with Crippen LogP contribution in [0.5, 0.6) is 0 Å². The third-order valence-corrected chi connectivity index (χ3v) is 7.84.